The Balaban J connectivity index is 1.83. The van der Waals surface area contributed by atoms with E-state index < -0.39 is 11.9 Å². The lowest BCUT2D eigenvalue weighted by Crippen LogP contribution is -2.21. The van der Waals surface area contributed by atoms with Crippen molar-refractivity contribution in [1.29, 1.82) is 0 Å². The summed E-state index contributed by atoms with van der Waals surface area (Å²) >= 11 is 6.17. The summed E-state index contributed by atoms with van der Waals surface area (Å²) in [7, 11) is 0. The molecule has 1 aromatic heterocycles. The third-order valence-electron chi connectivity index (χ3n) is 4.56. The second-order valence-corrected chi connectivity index (χ2v) is 6.75. The smallest absolute Gasteiger partial charge is 0.288 e. The van der Waals surface area contributed by atoms with E-state index in [0.717, 1.165) is 11.1 Å². The molecule has 3 aromatic rings. The first-order valence-corrected chi connectivity index (χ1v) is 8.78. The summed E-state index contributed by atoms with van der Waals surface area (Å²) in [5, 5.41) is 3.66. The third-order valence-corrected chi connectivity index (χ3v) is 4.97. The first-order valence-electron chi connectivity index (χ1n) is 8.41. The molecule has 0 bridgehead atoms. The first kappa shape index (κ1) is 17.4. The molecule has 1 aliphatic heterocycles. The molecule has 0 fully saturated rings. The molecule has 0 saturated carbocycles. The molecule has 4 rings (SSSR count). The molecule has 0 spiro atoms. The van der Waals surface area contributed by atoms with Crippen LogP contribution in [0.25, 0.3) is 11.0 Å². The number of rotatable bonds is 4. The molecule has 136 valence electrons. The van der Waals surface area contributed by atoms with Crippen LogP contribution < -0.4 is 15.5 Å². The summed E-state index contributed by atoms with van der Waals surface area (Å²) in [5.74, 6) is 0.316. The maximum atomic E-state index is 13.1. The Bertz CT molecular complexity index is 1130. The van der Waals surface area contributed by atoms with E-state index in [-0.39, 0.29) is 11.2 Å². The van der Waals surface area contributed by atoms with Crippen molar-refractivity contribution in [3.63, 3.8) is 0 Å². The zero-order valence-corrected chi connectivity index (χ0v) is 15.3. The highest BCUT2D eigenvalue weighted by atomic mass is 35.5. The topological polar surface area (TPSA) is 68.5 Å². The van der Waals surface area contributed by atoms with Crippen molar-refractivity contribution < 1.29 is 13.9 Å². The van der Waals surface area contributed by atoms with Crippen molar-refractivity contribution in [2.45, 2.75) is 13.0 Å². The van der Waals surface area contributed by atoms with Crippen LogP contribution in [0.1, 0.15) is 33.3 Å². The molecular weight excluding hydrogens is 366 g/mol. The number of carbonyl (C=O) groups excluding carboxylic acids is 1. The summed E-state index contributed by atoms with van der Waals surface area (Å²) in [6, 6.07) is 9.86. The van der Waals surface area contributed by atoms with E-state index in [9.17, 15) is 9.59 Å². The monoisotopic (exact) mass is 381 g/mol. The van der Waals surface area contributed by atoms with Crippen LogP contribution in [0.3, 0.4) is 0 Å². The number of carbonyl (C=O) groups is 1. The molecule has 5 nitrogen and oxygen atoms in total. The number of aryl methyl sites for hydroxylation is 1. The van der Waals surface area contributed by atoms with E-state index in [1.165, 1.54) is 0 Å². The highest BCUT2D eigenvalue weighted by Gasteiger charge is 2.36. The van der Waals surface area contributed by atoms with E-state index in [1.807, 2.05) is 19.1 Å². The van der Waals surface area contributed by atoms with Gasteiger partial charge in [0.2, 0.25) is 5.76 Å². The number of ether oxygens (including phenoxy) is 1. The van der Waals surface area contributed by atoms with Gasteiger partial charge in [0.1, 0.15) is 17.9 Å². The zero-order chi connectivity index (χ0) is 19.1. The fourth-order valence-corrected chi connectivity index (χ4v) is 3.36. The van der Waals surface area contributed by atoms with Crippen LogP contribution in [0.15, 0.2) is 58.3 Å². The van der Waals surface area contributed by atoms with Gasteiger partial charge in [-0.3, -0.25) is 9.59 Å². The Morgan fingerprint density at radius 1 is 1.26 bits per heavy atom. The molecule has 0 radical (unpaired) electrons. The van der Waals surface area contributed by atoms with Crippen molar-refractivity contribution in [1.82, 2.24) is 5.32 Å². The minimum Gasteiger partial charge on any atom is -0.490 e. The Hall–Kier alpha value is -3.05. The molecule has 1 atom stereocenters. The van der Waals surface area contributed by atoms with Crippen LogP contribution in [0.4, 0.5) is 0 Å². The fourth-order valence-electron chi connectivity index (χ4n) is 3.19. The molecule has 27 heavy (non-hydrogen) atoms. The summed E-state index contributed by atoms with van der Waals surface area (Å²) in [6.45, 7) is 5.82. The summed E-state index contributed by atoms with van der Waals surface area (Å²) in [5.41, 5.74) is 1.93. The van der Waals surface area contributed by atoms with Crippen molar-refractivity contribution in [2.24, 2.45) is 0 Å². The minimum absolute atomic E-state index is 0.0474. The van der Waals surface area contributed by atoms with Gasteiger partial charge in [0, 0.05) is 5.02 Å². The predicted octanol–water partition coefficient (Wildman–Crippen LogP) is 4.15. The Morgan fingerprint density at radius 3 is 2.70 bits per heavy atom. The van der Waals surface area contributed by atoms with Gasteiger partial charge in [0.15, 0.2) is 5.43 Å². The number of hydrogen-bond donors (Lipinski definition) is 1. The number of halogens is 1. The quantitative estimate of drug-likeness (QED) is 0.689. The lowest BCUT2D eigenvalue weighted by molar-refractivity contribution is 0.0938. The summed E-state index contributed by atoms with van der Waals surface area (Å²) in [6.07, 6.45) is 1.66. The average Bonchev–Trinajstić information content (AvgIpc) is 2.99. The predicted molar refractivity (Wildman–Crippen MR) is 104 cm³/mol. The zero-order valence-electron chi connectivity index (χ0n) is 14.5. The summed E-state index contributed by atoms with van der Waals surface area (Å²) < 4.78 is 11.2. The third kappa shape index (κ3) is 2.90. The summed E-state index contributed by atoms with van der Waals surface area (Å²) in [4.78, 5) is 25.5. The number of fused-ring (bicyclic) bond motifs is 2. The fraction of sp³-hybridized carbons (Fsp3) is 0.143. The Labute approximate surface area is 160 Å². The van der Waals surface area contributed by atoms with Gasteiger partial charge >= 0.3 is 0 Å². The lowest BCUT2D eigenvalue weighted by atomic mass is 9.99. The number of hydrogen-bond acceptors (Lipinski definition) is 4. The second-order valence-electron chi connectivity index (χ2n) is 6.35. The molecule has 1 amide bonds. The van der Waals surface area contributed by atoms with Crippen molar-refractivity contribution in [2.75, 3.05) is 6.61 Å². The van der Waals surface area contributed by atoms with Crippen LogP contribution >= 0.6 is 11.6 Å². The normalized spacial score (nSPS) is 15.5. The van der Waals surface area contributed by atoms with Crippen LogP contribution in [-0.4, -0.2) is 12.5 Å². The maximum absolute atomic E-state index is 13.1. The van der Waals surface area contributed by atoms with Crippen LogP contribution in [0.5, 0.6) is 5.75 Å². The first-order chi connectivity index (χ1) is 13.0. The van der Waals surface area contributed by atoms with Crippen molar-refractivity contribution in [3.8, 4) is 5.75 Å². The van der Waals surface area contributed by atoms with Gasteiger partial charge in [0.05, 0.1) is 17.0 Å². The number of nitrogens with one attached hydrogen (secondary N) is 1. The number of amides is 1. The largest absolute Gasteiger partial charge is 0.490 e. The van der Waals surface area contributed by atoms with Crippen molar-refractivity contribution >= 4 is 28.5 Å². The van der Waals surface area contributed by atoms with E-state index in [1.54, 1.807) is 30.3 Å². The minimum atomic E-state index is -0.582. The highest BCUT2D eigenvalue weighted by molar-refractivity contribution is 6.32. The number of benzene rings is 2. The van der Waals surface area contributed by atoms with Gasteiger partial charge in [-0.1, -0.05) is 36.4 Å². The van der Waals surface area contributed by atoms with Gasteiger partial charge in [-0.05, 0) is 42.3 Å². The van der Waals surface area contributed by atoms with Gasteiger partial charge in [-0.2, -0.15) is 0 Å². The molecule has 2 heterocycles. The van der Waals surface area contributed by atoms with Crippen LogP contribution in [-0.2, 0) is 0 Å². The molecular formula is C21H16ClNO4. The van der Waals surface area contributed by atoms with E-state index in [0.29, 0.717) is 33.9 Å². The lowest BCUT2D eigenvalue weighted by Gasteiger charge is -2.12. The maximum Gasteiger partial charge on any atom is 0.288 e. The van der Waals surface area contributed by atoms with E-state index in [2.05, 4.69) is 11.9 Å². The average molecular weight is 382 g/mol. The van der Waals surface area contributed by atoms with Gasteiger partial charge in [0.25, 0.3) is 5.91 Å². The second kappa shape index (κ2) is 6.59. The highest BCUT2D eigenvalue weighted by Crippen LogP contribution is 2.32. The molecule has 1 unspecified atom stereocenters. The molecule has 0 saturated heterocycles. The van der Waals surface area contributed by atoms with Gasteiger partial charge in [-0.15, -0.1) is 0 Å². The van der Waals surface area contributed by atoms with E-state index >= 15 is 0 Å². The van der Waals surface area contributed by atoms with Gasteiger partial charge in [-0.25, -0.2) is 0 Å². The molecule has 1 N–H and O–H groups in total. The van der Waals surface area contributed by atoms with Crippen molar-refractivity contribution in [3.05, 3.63) is 86.7 Å². The van der Waals surface area contributed by atoms with Crippen LogP contribution in [0, 0.1) is 6.92 Å². The molecule has 2 aromatic carbocycles. The molecule has 6 heteroatoms. The molecule has 1 aliphatic rings. The standard InChI is InChI=1S/C21H16ClNO4/c1-3-8-26-13-6-4-12(5-7-13)18-17-19(24)14-10-15(22)11(2)9-16(14)27-20(17)21(25)23-18/h3-7,9-10,18H,1,8H2,2H3,(H,23,25). The Morgan fingerprint density at radius 2 is 2.00 bits per heavy atom. The Kier molecular flexibility index (Phi) is 4.24. The SMILES string of the molecule is C=CCOc1ccc(C2NC(=O)c3oc4cc(C)c(Cl)cc4c(=O)c32)cc1. The van der Waals surface area contributed by atoms with Crippen LogP contribution in [0.2, 0.25) is 5.02 Å². The molecule has 0 aliphatic carbocycles. The van der Waals surface area contributed by atoms with E-state index in [4.69, 9.17) is 20.8 Å². The van der Waals surface area contributed by atoms with Gasteiger partial charge < -0.3 is 14.5 Å².